The Morgan fingerprint density at radius 3 is 0.872 bits per heavy atom. The van der Waals surface area contributed by atoms with Crippen LogP contribution in [-0.2, 0) is 0 Å². The lowest BCUT2D eigenvalue weighted by Crippen LogP contribution is -2.66. The van der Waals surface area contributed by atoms with Crippen LogP contribution in [0.4, 0.5) is 68.2 Å². The topological polar surface area (TPSA) is 31.4 Å². The summed E-state index contributed by atoms with van der Waals surface area (Å²) >= 11 is 21.8. The Labute approximate surface area is 467 Å². The van der Waals surface area contributed by atoms with Gasteiger partial charge in [0.1, 0.15) is 23.0 Å². The van der Waals surface area contributed by atoms with E-state index in [9.17, 15) is 0 Å². The first-order chi connectivity index (χ1) is 38.4. The molecular formula is C66H38B3Cl3N4O2. The Bertz CT molecular complexity index is 4110. The van der Waals surface area contributed by atoms with Gasteiger partial charge in [-0.1, -0.05) is 156 Å². The molecule has 0 aliphatic carbocycles. The zero-order chi connectivity index (χ0) is 51.5. The Balaban J connectivity index is 1.01. The molecule has 0 bridgehead atoms. The van der Waals surface area contributed by atoms with Gasteiger partial charge in [-0.25, -0.2) is 0 Å². The van der Waals surface area contributed by atoms with Crippen LogP contribution < -0.4 is 78.2 Å². The summed E-state index contributed by atoms with van der Waals surface area (Å²) in [6.07, 6.45) is 0. The zero-order valence-corrected chi connectivity index (χ0v) is 43.7. The van der Waals surface area contributed by atoms with E-state index >= 15 is 0 Å². The minimum Gasteiger partial charge on any atom is -0.458 e. The molecule has 364 valence electrons. The molecule has 0 radical (unpaired) electrons. The van der Waals surface area contributed by atoms with E-state index in [1.54, 1.807) is 0 Å². The normalized spacial score (nSPS) is 14.1. The van der Waals surface area contributed by atoms with Gasteiger partial charge in [0.2, 0.25) is 0 Å². The Morgan fingerprint density at radius 1 is 0.244 bits per heavy atom. The third kappa shape index (κ3) is 6.26. The lowest BCUT2D eigenvalue weighted by molar-refractivity contribution is 0.487. The maximum absolute atomic E-state index is 7.57. The molecular weight excluding hydrogens is 1020 g/mol. The van der Waals surface area contributed by atoms with Crippen molar-refractivity contribution in [1.29, 1.82) is 0 Å². The molecule has 0 amide bonds. The molecule has 12 heteroatoms. The highest BCUT2D eigenvalue weighted by atomic mass is 35.5. The average Bonchev–Trinajstić information content (AvgIpc) is 2.78. The van der Waals surface area contributed by atoms with E-state index in [1.807, 2.05) is 24.3 Å². The second-order valence-corrected chi connectivity index (χ2v) is 22.0. The minimum absolute atomic E-state index is 0.180. The molecule has 11 aromatic rings. The van der Waals surface area contributed by atoms with E-state index in [-0.39, 0.29) is 20.1 Å². The van der Waals surface area contributed by atoms with Crippen LogP contribution in [0.15, 0.2) is 231 Å². The molecule has 0 saturated heterocycles. The van der Waals surface area contributed by atoms with Gasteiger partial charge in [0.15, 0.2) is 0 Å². The first kappa shape index (κ1) is 44.4. The monoisotopic (exact) mass is 1060 g/mol. The largest absolute Gasteiger partial charge is 0.458 e. The highest BCUT2D eigenvalue weighted by molar-refractivity contribution is 7.04. The van der Waals surface area contributed by atoms with Crippen molar-refractivity contribution in [2.45, 2.75) is 0 Å². The fourth-order valence-corrected chi connectivity index (χ4v) is 14.3. The average molecular weight is 1060 g/mol. The Kier molecular flexibility index (Phi) is 9.48. The van der Waals surface area contributed by atoms with Crippen LogP contribution in [0.5, 0.6) is 23.0 Å². The number of para-hydroxylation sites is 6. The predicted molar refractivity (Wildman–Crippen MR) is 327 cm³/mol. The smallest absolute Gasteiger partial charge is 0.256 e. The fraction of sp³-hybridized carbons (Fsp3) is 0. The van der Waals surface area contributed by atoms with Crippen LogP contribution in [0.25, 0.3) is 0 Å². The SMILES string of the molecule is Clc1cc2c3c(c1)N(c1ccccc1)c1cc4c(cc1B3c1ccccc1O2)B1c2cc3c(cc2N(c2ccccc2)c2cc(Cl)cc(c21)N4c1ccccc1)N(c1ccccc1)c1cc(Cl)cc2c1B3c1ccccc1O2. The second-order valence-electron chi connectivity index (χ2n) is 20.7. The quantitative estimate of drug-likeness (QED) is 0.163. The van der Waals surface area contributed by atoms with Crippen LogP contribution in [-0.4, -0.2) is 20.1 Å². The zero-order valence-electron chi connectivity index (χ0n) is 41.4. The van der Waals surface area contributed by atoms with Crippen LogP contribution in [0.1, 0.15) is 0 Å². The number of nitrogens with zero attached hydrogens (tertiary/aromatic N) is 4. The molecule has 0 spiro atoms. The van der Waals surface area contributed by atoms with Crippen molar-refractivity contribution < 1.29 is 9.47 Å². The van der Waals surface area contributed by atoms with Crippen molar-refractivity contribution in [3.05, 3.63) is 246 Å². The summed E-state index contributed by atoms with van der Waals surface area (Å²) in [7, 11) is 0. The van der Waals surface area contributed by atoms with Crippen molar-refractivity contribution in [1.82, 2.24) is 0 Å². The molecule has 78 heavy (non-hydrogen) atoms. The molecule has 6 aliphatic heterocycles. The lowest BCUT2D eigenvalue weighted by atomic mass is 9.29. The van der Waals surface area contributed by atoms with Crippen molar-refractivity contribution in [3.63, 3.8) is 0 Å². The molecule has 6 heterocycles. The van der Waals surface area contributed by atoms with Crippen LogP contribution in [0.3, 0.4) is 0 Å². The summed E-state index contributed by atoms with van der Waals surface area (Å²) in [6.45, 7) is -0.632. The standard InChI is InChI=1S/C66H38B3Cl3N4O2/c70-39-29-56-64-57(30-39)74(43-19-7-2-8-20-43)55-38-53-49(68-47-26-14-16-28-61(47)78-63-34-41(72)32-59(66(63)68)76(53)45-23-11-4-12-24-45)36-51(55)69(64)50-35-48-52(37-54(50)73(56)42-17-5-1-6-18-42)75(44-21-9-3-10-22-44)58-31-40(71)33-62-65(58)67(48)46-25-13-15-27-60(46)77-62/h1-38H. The van der Waals surface area contributed by atoms with Gasteiger partial charge in [-0.2, -0.15) is 0 Å². The third-order valence-electron chi connectivity index (χ3n) is 16.6. The number of hydrogen-bond acceptors (Lipinski definition) is 6. The summed E-state index contributed by atoms with van der Waals surface area (Å²) in [6, 6.07) is 82.0. The number of fused-ring (bicyclic) bond motifs is 12. The van der Waals surface area contributed by atoms with Gasteiger partial charge in [0, 0.05) is 83.3 Å². The van der Waals surface area contributed by atoms with Gasteiger partial charge < -0.3 is 29.1 Å². The molecule has 0 saturated carbocycles. The lowest BCUT2D eigenvalue weighted by Gasteiger charge is -2.47. The van der Waals surface area contributed by atoms with E-state index in [1.165, 1.54) is 27.3 Å². The van der Waals surface area contributed by atoms with E-state index in [4.69, 9.17) is 44.3 Å². The van der Waals surface area contributed by atoms with Gasteiger partial charge in [0.05, 0.1) is 0 Å². The van der Waals surface area contributed by atoms with E-state index < -0.39 is 0 Å². The van der Waals surface area contributed by atoms with Gasteiger partial charge in [-0.05, 0) is 158 Å². The third-order valence-corrected chi connectivity index (χ3v) is 17.3. The molecule has 0 atom stereocenters. The van der Waals surface area contributed by atoms with E-state index in [0.717, 1.165) is 113 Å². The Hall–Kier alpha value is -8.72. The van der Waals surface area contributed by atoms with Crippen molar-refractivity contribution in [3.8, 4) is 23.0 Å². The molecule has 0 fully saturated rings. The van der Waals surface area contributed by atoms with E-state index in [2.05, 4.69) is 226 Å². The number of halogens is 3. The highest BCUT2D eigenvalue weighted by Gasteiger charge is 2.50. The van der Waals surface area contributed by atoms with Crippen molar-refractivity contribution >= 4 is 172 Å². The Morgan fingerprint density at radius 2 is 0.526 bits per heavy atom. The fourth-order valence-electron chi connectivity index (χ4n) is 13.7. The summed E-state index contributed by atoms with van der Waals surface area (Å²) in [5, 5.41) is 1.84. The van der Waals surface area contributed by atoms with Crippen LogP contribution >= 0.6 is 34.8 Å². The van der Waals surface area contributed by atoms with E-state index in [0.29, 0.717) is 15.1 Å². The van der Waals surface area contributed by atoms with Gasteiger partial charge in [0.25, 0.3) is 20.1 Å². The number of anilines is 12. The summed E-state index contributed by atoms with van der Waals surface area (Å²) in [4.78, 5) is 9.62. The van der Waals surface area contributed by atoms with Gasteiger partial charge in [-0.3, -0.25) is 0 Å². The molecule has 11 aromatic carbocycles. The maximum atomic E-state index is 7.57. The molecule has 0 N–H and O–H groups in total. The van der Waals surface area contributed by atoms with Crippen LogP contribution in [0.2, 0.25) is 15.1 Å². The second kappa shape index (κ2) is 16.6. The summed E-state index contributed by atoms with van der Waals surface area (Å²) < 4.78 is 13.7. The minimum atomic E-state index is -0.273. The number of benzene rings is 11. The first-order valence-electron chi connectivity index (χ1n) is 26.2. The molecule has 0 unspecified atom stereocenters. The number of hydrogen-bond donors (Lipinski definition) is 0. The summed E-state index contributed by atoms with van der Waals surface area (Å²) in [5.41, 5.74) is 22.5. The summed E-state index contributed by atoms with van der Waals surface area (Å²) in [5.74, 6) is 3.16. The first-order valence-corrected chi connectivity index (χ1v) is 27.4. The van der Waals surface area contributed by atoms with Crippen molar-refractivity contribution in [2.24, 2.45) is 0 Å². The maximum Gasteiger partial charge on any atom is 0.256 e. The predicted octanol–water partition coefficient (Wildman–Crippen LogP) is 12.5. The van der Waals surface area contributed by atoms with Gasteiger partial charge >= 0.3 is 0 Å². The van der Waals surface area contributed by atoms with Crippen LogP contribution in [0, 0.1) is 0 Å². The molecule has 6 aliphatic rings. The number of ether oxygens (including phenoxy) is 2. The molecule has 17 rings (SSSR count). The number of rotatable bonds is 4. The van der Waals surface area contributed by atoms with Gasteiger partial charge in [-0.15, -0.1) is 0 Å². The highest BCUT2D eigenvalue weighted by Crippen LogP contribution is 2.51. The molecule has 0 aromatic heterocycles. The van der Waals surface area contributed by atoms with Crippen molar-refractivity contribution in [2.75, 3.05) is 19.6 Å². The molecule has 6 nitrogen and oxygen atoms in total.